The first-order valence-corrected chi connectivity index (χ1v) is 7.58. The maximum Gasteiger partial charge on any atom is 0.313 e. The van der Waals surface area contributed by atoms with E-state index >= 15 is 0 Å². The first-order valence-electron chi connectivity index (χ1n) is 7.58. The van der Waals surface area contributed by atoms with Crippen molar-refractivity contribution >= 4 is 17.3 Å². The van der Waals surface area contributed by atoms with E-state index in [0.717, 1.165) is 24.7 Å². The third-order valence-electron chi connectivity index (χ3n) is 3.99. The van der Waals surface area contributed by atoms with Gasteiger partial charge in [0.05, 0.1) is 0 Å². The molecule has 1 aliphatic heterocycles. The van der Waals surface area contributed by atoms with E-state index in [1.807, 2.05) is 24.3 Å². The number of carbonyl (C=O) groups is 1. The number of carbonyl (C=O) groups excluding carboxylic acids is 1. The lowest BCUT2D eigenvalue weighted by atomic mass is 9.99. The Kier molecular flexibility index (Phi) is 4.09. The lowest BCUT2D eigenvalue weighted by Gasteiger charge is -2.32. The molecular weight excluding hydrogens is 280 g/mol. The molecule has 0 radical (unpaired) electrons. The summed E-state index contributed by atoms with van der Waals surface area (Å²) in [5.74, 6) is 0.777. The molecule has 1 aromatic carbocycles. The van der Waals surface area contributed by atoms with Crippen LogP contribution in [0.1, 0.15) is 36.3 Å². The van der Waals surface area contributed by atoms with Crippen molar-refractivity contribution in [3.63, 3.8) is 0 Å². The van der Waals surface area contributed by atoms with Crippen LogP contribution in [0.2, 0.25) is 0 Å². The lowest BCUT2D eigenvalue weighted by Crippen LogP contribution is -2.32. The summed E-state index contributed by atoms with van der Waals surface area (Å²) in [6.07, 6.45) is 2.46. The maximum atomic E-state index is 11.9. The van der Waals surface area contributed by atoms with Crippen LogP contribution in [0, 0.1) is 12.8 Å². The van der Waals surface area contributed by atoms with E-state index in [0.29, 0.717) is 5.89 Å². The van der Waals surface area contributed by atoms with Gasteiger partial charge in [-0.3, -0.25) is 4.79 Å². The number of nitrogens with one attached hydrogen (secondary N) is 1. The molecule has 1 amide bonds. The Morgan fingerprint density at radius 3 is 2.50 bits per heavy atom. The summed E-state index contributed by atoms with van der Waals surface area (Å²) in [6.45, 7) is 6.13. The van der Waals surface area contributed by atoms with Gasteiger partial charge in [0.1, 0.15) is 0 Å². The highest BCUT2D eigenvalue weighted by Crippen LogP contribution is 2.24. The van der Waals surface area contributed by atoms with E-state index in [9.17, 15) is 4.79 Å². The summed E-state index contributed by atoms with van der Waals surface area (Å²) in [4.78, 5) is 14.3. The van der Waals surface area contributed by atoms with Crippen molar-refractivity contribution in [3.8, 4) is 0 Å². The summed E-state index contributed by atoms with van der Waals surface area (Å²) in [5.41, 5.74) is 1.91. The Morgan fingerprint density at radius 2 is 1.91 bits per heavy atom. The zero-order chi connectivity index (χ0) is 15.5. The standard InChI is InChI=1S/C16H20N4O2/c1-11-7-9-20(10-8-11)14-5-3-13(4-6-14)17-15(21)16-19-18-12(2)22-16/h3-6,11H,7-10H2,1-2H3,(H,17,21). The van der Waals surface area contributed by atoms with Crippen LogP contribution in [-0.4, -0.2) is 29.2 Å². The molecule has 6 nitrogen and oxygen atoms in total. The monoisotopic (exact) mass is 300 g/mol. The second kappa shape index (κ2) is 6.17. The number of rotatable bonds is 3. The number of aryl methyl sites for hydroxylation is 1. The summed E-state index contributed by atoms with van der Waals surface area (Å²) in [7, 11) is 0. The smallest absolute Gasteiger partial charge is 0.313 e. The van der Waals surface area contributed by atoms with Gasteiger partial charge in [0, 0.05) is 31.4 Å². The van der Waals surface area contributed by atoms with Crippen LogP contribution in [0.15, 0.2) is 28.7 Å². The minimum atomic E-state index is -0.389. The lowest BCUT2D eigenvalue weighted by molar-refractivity contribution is 0.0989. The predicted octanol–water partition coefficient (Wildman–Crippen LogP) is 2.87. The number of hydrogen-bond donors (Lipinski definition) is 1. The van der Waals surface area contributed by atoms with Gasteiger partial charge in [-0.05, 0) is 43.0 Å². The van der Waals surface area contributed by atoms with E-state index in [2.05, 4.69) is 27.3 Å². The van der Waals surface area contributed by atoms with Gasteiger partial charge < -0.3 is 14.6 Å². The van der Waals surface area contributed by atoms with Crippen molar-refractivity contribution in [3.05, 3.63) is 36.0 Å². The number of anilines is 2. The van der Waals surface area contributed by atoms with E-state index in [4.69, 9.17) is 4.42 Å². The molecule has 3 rings (SSSR count). The van der Waals surface area contributed by atoms with Gasteiger partial charge in [0.25, 0.3) is 0 Å². The topological polar surface area (TPSA) is 71.3 Å². The van der Waals surface area contributed by atoms with Crippen LogP contribution in [0.5, 0.6) is 0 Å². The molecule has 2 heterocycles. The molecule has 0 spiro atoms. The van der Waals surface area contributed by atoms with Gasteiger partial charge in [-0.15, -0.1) is 10.2 Å². The molecule has 0 bridgehead atoms. The Bertz CT molecular complexity index is 642. The summed E-state index contributed by atoms with van der Waals surface area (Å²) >= 11 is 0. The van der Waals surface area contributed by atoms with E-state index in [-0.39, 0.29) is 11.8 Å². The highest BCUT2D eigenvalue weighted by atomic mass is 16.4. The quantitative estimate of drug-likeness (QED) is 0.943. The SMILES string of the molecule is Cc1nnc(C(=O)Nc2ccc(N3CCC(C)CC3)cc2)o1. The fraction of sp³-hybridized carbons (Fsp3) is 0.438. The van der Waals surface area contributed by atoms with Gasteiger partial charge in [-0.1, -0.05) is 6.92 Å². The number of amides is 1. The van der Waals surface area contributed by atoms with Crippen LogP contribution < -0.4 is 10.2 Å². The first-order chi connectivity index (χ1) is 10.6. The third-order valence-corrected chi connectivity index (χ3v) is 3.99. The molecule has 1 aliphatic rings. The van der Waals surface area contributed by atoms with Crippen molar-refractivity contribution in [2.45, 2.75) is 26.7 Å². The fourth-order valence-corrected chi connectivity index (χ4v) is 2.60. The number of hydrogen-bond acceptors (Lipinski definition) is 5. The van der Waals surface area contributed by atoms with E-state index in [1.54, 1.807) is 6.92 Å². The van der Waals surface area contributed by atoms with Gasteiger partial charge in [0.2, 0.25) is 5.89 Å². The second-order valence-corrected chi connectivity index (χ2v) is 5.80. The molecule has 1 aromatic heterocycles. The average Bonchev–Trinajstić information content (AvgIpc) is 2.96. The van der Waals surface area contributed by atoms with Crippen LogP contribution in [-0.2, 0) is 0 Å². The minimum absolute atomic E-state index is 0.0217. The second-order valence-electron chi connectivity index (χ2n) is 5.80. The molecule has 0 aliphatic carbocycles. The summed E-state index contributed by atoms with van der Waals surface area (Å²) in [5, 5.41) is 10.1. The molecule has 6 heteroatoms. The molecule has 0 unspecified atom stereocenters. The largest absolute Gasteiger partial charge is 0.417 e. The Morgan fingerprint density at radius 1 is 1.23 bits per heavy atom. The molecule has 0 saturated carbocycles. The molecule has 116 valence electrons. The maximum absolute atomic E-state index is 11.9. The van der Waals surface area contributed by atoms with Crippen LogP contribution in [0.25, 0.3) is 0 Å². The summed E-state index contributed by atoms with van der Waals surface area (Å²) < 4.78 is 5.10. The third kappa shape index (κ3) is 3.27. The fourth-order valence-electron chi connectivity index (χ4n) is 2.60. The highest BCUT2D eigenvalue weighted by Gasteiger charge is 2.16. The average molecular weight is 300 g/mol. The Balaban J connectivity index is 1.63. The van der Waals surface area contributed by atoms with Gasteiger partial charge in [-0.2, -0.15) is 0 Å². The van der Waals surface area contributed by atoms with Crippen molar-refractivity contribution in [1.82, 2.24) is 10.2 Å². The van der Waals surface area contributed by atoms with Crippen molar-refractivity contribution in [2.24, 2.45) is 5.92 Å². The van der Waals surface area contributed by atoms with Crippen molar-refractivity contribution in [1.29, 1.82) is 0 Å². The Hall–Kier alpha value is -2.37. The van der Waals surface area contributed by atoms with Crippen molar-refractivity contribution in [2.75, 3.05) is 23.3 Å². The molecule has 2 aromatic rings. The van der Waals surface area contributed by atoms with Gasteiger partial charge in [-0.25, -0.2) is 0 Å². The Labute approximate surface area is 129 Å². The van der Waals surface area contributed by atoms with E-state index in [1.165, 1.54) is 18.5 Å². The summed E-state index contributed by atoms with van der Waals surface area (Å²) in [6, 6.07) is 7.86. The van der Waals surface area contributed by atoms with Crippen LogP contribution >= 0.6 is 0 Å². The number of aromatic nitrogens is 2. The van der Waals surface area contributed by atoms with Gasteiger partial charge >= 0.3 is 11.8 Å². The minimum Gasteiger partial charge on any atom is -0.417 e. The van der Waals surface area contributed by atoms with E-state index < -0.39 is 0 Å². The normalized spacial score (nSPS) is 15.8. The molecular formula is C16H20N4O2. The highest BCUT2D eigenvalue weighted by molar-refractivity contribution is 6.00. The molecule has 1 saturated heterocycles. The molecule has 1 N–H and O–H groups in total. The van der Waals surface area contributed by atoms with Gasteiger partial charge in [0.15, 0.2) is 0 Å². The van der Waals surface area contributed by atoms with Crippen LogP contribution in [0.3, 0.4) is 0 Å². The zero-order valence-electron chi connectivity index (χ0n) is 12.9. The number of piperidine rings is 1. The predicted molar refractivity (Wildman–Crippen MR) is 84.0 cm³/mol. The molecule has 1 fully saturated rings. The number of benzene rings is 1. The molecule has 0 atom stereocenters. The van der Waals surface area contributed by atoms with Crippen LogP contribution in [0.4, 0.5) is 11.4 Å². The zero-order valence-corrected chi connectivity index (χ0v) is 12.9. The number of nitrogens with zero attached hydrogens (tertiary/aromatic N) is 3. The first kappa shape index (κ1) is 14.6. The molecule has 22 heavy (non-hydrogen) atoms. The van der Waals surface area contributed by atoms with Crippen molar-refractivity contribution < 1.29 is 9.21 Å².